The van der Waals surface area contributed by atoms with Gasteiger partial charge in [0.15, 0.2) is 0 Å². The largest absolute Gasteiger partial charge is 0.478 e. The third kappa shape index (κ3) is 7.33. The van der Waals surface area contributed by atoms with Crippen LogP contribution in [-0.2, 0) is 33.4 Å². The van der Waals surface area contributed by atoms with Gasteiger partial charge in [0.25, 0.3) is 0 Å². The van der Waals surface area contributed by atoms with Gasteiger partial charge >= 0.3 is 23.9 Å². The molecule has 0 aliphatic heterocycles. The molecule has 142 valence electrons. The van der Waals surface area contributed by atoms with E-state index in [1.165, 1.54) is 0 Å². The molecule has 0 fully saturated rings. The van der Waals surface area contributed by atoms with Crippen molar-refractivity contribution < 1.29 is 38.5 Å². The zero-order chi connectivity index (χ0) is 19.5. The van der Waals surface area contributed by atoms with Crippen molar-refractivity contribution in [1.82, 2.24) is 0 Å². The molecule has 1 N–H and O–H groups in total. The molecule has 0 aliphatic carbocycles. The van der Waals surface area contributed by atoms with Crippen molar-refractivity contribution in [2.24, 2.45) is 0 Å². The Morgan fingerprint density at radius 1 is 1.08 bits per heavy atom. The number of carboxylic acids is 1. The molecule has 0 amide bonds. The fraction of sp³-hybridized carbons (Fsp3) is 0.444. The molecule has 1 rings (SSSR count). The molecule has 0 aromatic heterocycles. The molecule has 8 heteroatoms. The van der Waals surface area contributed by atoms with Crippen LogP contribution in [0.3, 0.4) is 0 Å². The molecular weight excluding hydrogens is 344 g/mol. The van der Waals surface area contributed by atoms with Crippen molar-refractivity contribution >= 4 is 23.9 Å². The summed E-state index contributed by atoms with van der Waals surface area (Å²) >= 11 is 0. The summed E-state index contributed by atoms with van der Waals surface area (Å²) < 4.78 is 14.8. The number of aliphatic carboxylic acids is 1. The fourth-order valence-corrected chi connectivity index (χ4v) is 1.98. The van der Waals surface area contributed by atoms with E-state index in [4.69, 9.17) is 14.6 Å². The van der Waals surface area contributed by atoms with Crippen LogP contribution in [0, 0.1) is 0 Å². The lowest BCUT2D eigenvalue weighted by atomic mass is 10.1. The van der Waals surface area contributed by atoms with Gasteiger partial charge in [-0.15, -0.1) is 0 Å². The first-order chi connectivity index (χ1) is 12.3. The van der Waals surface area contributed by atoms with Crippen molar-refractivity contribution in [3.8, 4) is 0 Å². The van der Waals surface area contributed by atoms with Crippen LogP contribution in [0.15, 0.2) is 30.3 Å². The summed E-state index contributed by atoms with van der Waals surface area (Å²) in [6, 6.07) is 8.22. The Morgan fingerprint density at radius 2 is 1.73 bits per heavy atom. The summed E-state index contributed by atoms with van der Waals surface area (Å²) in [5.41, 5.74) is 0.390. The van der Waals surface area contributed by atoms with Crippen LogP contribution >= 0.6 is 0 Å². The summed E-state index contributed by atoms with van der Waals surface area (Å²) in [6.07, 6.45) is -2.25. The Bertz CT molecular complexity index is 625. The van der Waals surface area contributed by atoms with Crippen LogP contribution in [-0.4, -0.2) is 41.7 Å². The number of carboxylic acid groups (broad SMARTS) is 1. The number of hydrogen-bond acceptors (Lipinski definition) is 7. The van der Waals surface area contributed by atoms with E-state index in [9.17, 15) is 19.2 Å². The third-order valence-electron chi connectivity index (χ3n) is 3.24. The Hall–Kier alpha value is -2.90. The van der Waals surface area contributed by atoms with Crippen LogP contribution in [0.4, 0.5) is 0 Å². The van der Waals surface area contributed by atoms with Gasteiger partial charge in [-0.3, -0.25) is 9.59 Å². The Labute approximate surface area is 151 Å². The third-order valence-corrected chi connectivity index (χ3v) is 3.24. The number of hydrogen-bond donors (Lipinski definition) is 1. The van der Waals surface area contributed by atoms with E-state index in [2.05, 4.69) is 4.74 Å². The van der Waals surface area contributed by atoms with Gasteiger partial charge in [0.1, 0.15) is 0 Å². The van der Waals surface area contributed by atoms with E-state index in [1.807, 2.05) is 6.92 Å². The number of carbonyl (C=O) groups excluding carboxylic acids is 3. The highest BCUT2D eigenvalue weighted by atomic mass is 16.6. The second kappa shape index (κ2) is 10.9. The zero-order valence-electron chi connectivity index (χ0n) is 14.7. The number of unbranched alkanes of at least 4 members (excludes halogenated alkanes) is 1. The molecule has 0 spiro atoms. The lowest BCUT2D eigenvalue weighted by molar-refractivity contribution is -0.174. The molecular formula is C18H22O8. The standard InChI is InChI=1S/C18H22O8/c1-3-4-10-24-18(23)16(13-8-6-5-7-9-13)26-15(20)11-14(17(21)22)25-12(2)19/h5-9,14,16H,3-4,10-11H2,1-2H3,(H,21,22)/t14-,16-/m0/s1. The topological polar surface area (TPSA) is 116 Å². The molecule has 26 heavy (non-hydrogen) atoms. The van der Waals surface area contributed by atoms with Crippen molar-refractivity contribution in [2.45, 2.75) is 45.3 Å². The van der Waals surface area contributed by atoms with Crippen molar-refractivity contribution in [2.75, 3.05) is 6.61 Å². The first-order valence-corrected chi connectivity index (χ1v) is 8.16. The van der Waals surface area contributed by atoms with E-state index in [1.54, 1.807) is 30.3 Å². The van der Waals surface area contributed by atoms with Gasteiger partial charge in [-0.05, 0) is 6.42 Å². The number of carbonyl (C=O) groups is 4. The van der Waals surface area contributed by atoms with Gasteiger partial charge in [-0.25, -0.2) is 9.59 Å². The van der Waals surface area contributed by atoms with Crippen LogP contribution in [0.25, 0.3) is 0 Å². The molecule has 0 unspecified atom stereocenters. The number of ether oxygens (including phenoxy) is 3. The van der Waals surface area contributed by atoms with Crippen molar-refractivity contribution in [3.05, 3.63) is 35.9 Å². The minimum atomic E-state index is -1.69. The molecule has 0 saturated heterocycles. The second-order valence-corrected chi connectivity index (χ2v) is 5.44. The first kappa shape index (κ1) is 21.1. The SMILES string of the molecule is CCCCOC(=O)[C@@H](OC(=O)C[C@H](OC(C)=O)C(=O)O)c1ccccc1. The quantitative estimate of drug-likeness (QED) is 0.380. The molecule has 0 aliphatic rings. The summed E-state index contributed by atoms with van der Waals surface area (Å²) in [5, 5.41) is 9.00. The van der Waals surface area contributed by atoms with Gasteiger partial charge < -0.3 is 19.3 Å². The molecule has 1 aromatic rings. The molecule has 8 nitrogen and oxygen atoms in total. The number of benzene rings is 1. The van der Waals surface area contributed by atoms with E-state index >= 15 is 0 Å². The highest BCUT2D eigenvalue weighted by Crippen LogP contribution is 2.20. The van der Waals surface area contributed by atoms with Crippen LogP contribution in [0.2, 0.25) is 0 Å². The summed E-state index contributed by atoms with van der Waals surface area (Å²) in [6.45, 7) is 3.14. The molecule has 0 heterocycles. The van der Waals surface area contributed by atoms with Crippen molar-refractivity contribution in [1.29, 1.82) is 0 Å². The van der Waals surface area contributed by atoms with Crippen LogP contribution in [0.1, 0.15) is 44.8 Å². The Kier molecular flexibility index (Phi) is 8.83. The van der Waals surface area contributed by atoms with Gasteiger partial charge in [-0.1, -0.05) is 43.7 Å². The molecule has 0 radical (unpaired) electrons. The average molecular weight is 366 g/mol. The van der Waals surface area contributed by atoms with E-state index < -0.39 is 42.5 Å². The zero-order valence-corrected chi connectivity index (χ0v) is 14.7. The van der Waals surface area contributed by atoms with Gasteiger partial charge in [0.2, 0.25) is 12.2 Å². The monoisotopic (exact) mass is 366 g/mol. The minimum Gasteiger partial charge on any atom is -0.478 e. The van der Waals surface area contributed by atoms with E-state index in [0.717, 1.165) is 13.3 Å². The maximum Gasteiger partial charge on any atom is 0.352 e. The maximum absolute atomic E-state index is 12.3. The number of esters is 3. The summed E-state index contributed by atoms with van der Waals surface area (Å²) in [5.74, 6) is -4.08. The predicted octanol–water partition coefficient (Wildman–Crippen LogP) is 2.02. The van der Waals surface area contributed by atoms with Gasteiger partial charge in [0.05, 0.1) is 13.0 Å². The first-order valence-electron chi connectivity index (χ1n) is 8.16. The highest BCUT2D eigenvalue weighted by molar-refractivity contribution is 5.85. The minimum absolute atomic E-state index is 0.182. The lowest BCUT2D eigenvalue weighted by Crippen LogP contribution is -2.31. The molecule has 1 aromatic carbocycles. The van der Waals surface area contributed by atoms with Gasteiger partial charge in [0, 0.05) is 12.5 Å². The van der Waals surface area contributed by atoms with Crippen molar-refractivity contribution in [3.63, 3.8) is 0 Å². The molecule has 0 saturated carbocycles. The van der Waals surface area contributed by atoms with Crippen LogP contribution in [0.5, 0.6) is 0 Å². The Balaban J connectivity index is 2.84. The molecule has 0 bridgehead atoms. The number of rotatable bonds is 10. The fourth-order valence-electron chi connectivity index (χ4n) is 1.98. The maximum atomic E-state index is 12.3. The second-order valence-electron chi connectivity index (χ2n) is 5.44. The highest BCUT2D eigenvalue weighted by Gasteiger charge is 2.30. The van der Waals surface area contributed by atoms with E-state index in [0.29, 0.717) is 12.0 Å². The van der Waals surface area contributed by atoms with E-state index in [-0.39, 0.29) is 6.61 Å². The average Bonchev–Trinajstić information content (AvgIpc) is 2.59. The van der Waals surface area contributed by atoms with Crippen LogP contribution < -0.4 is 0 Å². The summed E-state index contributed by atoms with van der Waals surface area (Å²) in [4.78, 5) is 46.3. The predicted molar refractivity (Wildman–Crippen MR) is 88.9 cm³/mol. The molecule has 2 atom stereocenters. The lowest BCUT2D eigenvalue weighted by Gasteiger charge is -2.18. The smallest absolute Gasteiger partial charge is 0.352 e. The van der Waals surface area contributed by atoms with Gasteiger partial charge in [-0.2, -0.15) is 0 Å². The normalized spacial score (nSPS) is 12.5. The Morgan fingerprint density at radius 3 is 2.27 bits per heavy atom. The summed E-state index contributed by atoms with van der Waals surface area (Å²) in [7, 11) is 0.